The second kappa shape index (κ2) is 56.1. The second-order valence-corrected chi connectivity index (χ2v) is 28.4. The number of carbonyl (C=O) groups excluding carboxylic acids is 4. The lowest BCUT2D eigenvalue weighted by Gasteiger charge is -2.21. The van der Waals surface area contributed by atoms with Gasteiger partial charge in [0.2, 0.25) is 0 Å². The fourth-order valence-electron chi connectivity index (χ4n) is 9.75. The number of phosphoric acid groups is 2. The van der Waals surface area contributed by atoms with E-state index in [2.05, 4.69) is 55.4 Å². The van der Waals surface area contributed by atoms with Crippen molar-refractivity contribution in [2.45, 2.75) is 337 Å². The summed E-state index contributed by atoms with van der Waals surface area (Å²) >= 11 is 0. The Bertz CT molecular complexity index is 1700. The Morgan fingerprint density at radius 2 is 0.565 bits per heavy atom. The molecule has 0 bridgehead atoms. The fraction of sp³-hybridized carbons (Fsp3) is 0.939. The first kappa shape index (κ1) is 83.1. The van der Waals surface area contributed by atoms with Gasteiger partial charge in [0.15, 0.2) is 12.2 Å². The quantitative estimate of drug-likeness (QED) is 0.0222. The number of carbonyl (C=O) groups is 4. The van der Waals surface area contributed by atoms with Crippen LogP contribution in [0.4, 0.5) is 0 Å². The number of unbranched alkanes of at least 4 members (excludes halogenated alkanes) is 28. The molecule has 0 aromatic carbocycles. The molecule has 0 aromatic heterocycles. The maximum absolute atomic E-state index is 13.0. The van der Waals surface area contributed by atoms with E-state index in [1.54, 1.807) is 0 Å². The Balaban J connectivity index is 5.26. The largest absolute Gasteiger partial charge is 0.472 e. The summed E-state index contributed by atoms with van der Waals surface area (Å²) in [4.78, 5) is 72.3. The van der Waals surface area contributed by atoms with Gasteiger partial charge >= 0.3 is 39.5 Å². The van der Waals surface area contributed by atoms with Crippen LogP contribution in [0.2, 0.25) is 0 Å². The third kappa shape index (κ3) is 59.5. The topological polar surface area (TPSA) is 237 Å². The van der Waals surface area contributed by atoms with Crippen LogP contribution in [0.15, 0.2) is 0 Å². The van der Waals surface area contributed by atoms with Gasteiger partial charge in [0, 0.05) is 25.7 Å². The predicted octanol–water partition coefficient (Wildman–Crippen LogP) is 18.1. The van der Waals surface area contributed by atoms with Gasteiger partial charge in [0.25, 0.3) is 0 Å². The minimum Gasteiger partial charge on any atom is -0.462 e. The van der Waals surface area contributed by atoms with E-state index in [1.807, 2.05) is 0 Å². The zero-order valence-electron chi connectivity index (χ0n) is 55.2. The molecule has 0 aromatic rings. The summed E-state index contributed by atoms with van der Waals surface area (Å²) in [6, 6.07) is 0. The number of phosphoric ester groups is 2. The standard InChI is InChI=1S/C66H128O17P2/c1-9-59(8)45-37-29-24-25-31-39-47-64(69)77-53-62(82-65(70)48-40-32-22-15-11-10-13-18-26-34-42-56(2)3)55-81-85(74,75)79-51-60(67)50-78-84(72,73)80-54-61(83-66(71)49-41-33-23-17-20-28-36-44-58(6)7)52-76-63(68)46-38-30-21-16-12-14-19-27-35-43-57(4)5/h56-62,67H,9-55H2,1-8H3,(H,72,73)(H,74,75)/t59?,60-,61-,62-/m1/s1. The summed E-state index contributed by atoms with van der Waals surface area (Å²) in [6.45, 7) is 14.0. The molecule has 504 valence electrons. The Morgan fingerprint density at radius 3 is 0.835 bits per heavy atom. The SMILES string of the molecule is CCC(C)CCCCCCCCC(=O)OC[C@H](COP(=O)(O)OC[C@H](O)COP(=O)(O)OC[C@@H](COC(=O)CCCCCCCCCCCC(C)C)OC(=O)CCCCCCCCCC(C)C)OC(=O)CCCCCCCCCCCCC(C)C. The number of ether oxygens (including phenoxy) is 4. The van der Waals surface area contributed by atoms with E-state index in [1.165, 1.54) is 116 Å². The summed E-state index contributed by atoms with van der Waals surface area (Å²) < 4.78 is 68.1. The highest BCUT2D eigenvalue weighted by molar-refractivity contribution is 7.47. The van der Waals surface area contributed by atoms with Crippen LogP contribution in [0.3, 0.4) is 0 Å². The van der Waals surface area contributed by atoms with E-state index in [0.717, 1.165) is 114 Å². The van der Waals surface area contributed by atoms with Crippen LogP contribution in [0.5, 0.6) is 0 Å². The molecule has 0 saturated carbocycles. The molecule has 0 spiro atoms. The van der Waals surface area contributed by atoms with Crippen molar-refractivity contribution in [3.63, 3.8) is 0 Å². The van der Waals surface area contributed by atoms with Gasteiger partial charge in [-0.1, -0.05) is 267 Å². The highest BCUT2D eigenvalue weighted by atomic mass is 31.2. The summed E-state index contributed by atoms with van der Waals surface area (Å²) in [6.07, 6.45) is 36.3. The van der Waals surface area contributed by atoms with Crippen molar-refractivity contribution in [1.29, 1.82) is 0 Å². The van der Waals surface area contributed by atoms with E-state index in [9.17, 15) is 43.2 Å². The van der Waals surface area contributed by atoms with Gasteiger partial charge in [-0.3, -0.25) is 37.3 Å². The van der Waals surface area contributed by atoms with Crippen molar-refractivity contribution < 1.29 is 80.2 Å². The molecular formula is C66H128O17P2. The molecule has 0 aliphatic carbocycles. The van der Waals surface area contributed by atoms with E-state index < -0.39 is 97.5 Å². The molecule has 0 heterocycles. The second-order valence-electron chi connectivity index (χ2n) is 25.5. The molecule has 6 atom stereocenters. The molecule has 0 rings (SSSR count). The van der Waals surface area contributed by atoms with Crippen molar-refractivity contribution in [3.05, 3.63) is 0 Å². The van der Waals surface area contributed by atoms with E-state index >= 15 is 0 Å². The van der Waals surface area contributed by atoms with Crippen LogP contribution >= 0.6 is 15.6 Å². The Kier molecular flexibility index (Phi) is 54.8. The first-order valence-electron chi connectivity index (χ1n) is 34.2. The van der Waals surface area contributed by atoms with Gasteiger partial charge in [-0.15, -0.1) is 0 Å². The minimum atomic E-state index is -4.95. The summed E-state index contributed by atoms with van der Waals surface area (Å²) in [7, 11) is -9.89. The van der Waals surface area contributed by atoms with Crippen molar-refractivity contribution in [1.82, 2.24) is 0 Å². The van der Waals surface area contributed by atoms with E-state index in [-0.39, 0.29) is 25.7 Å². The van der Waals surface area contributed by atoms with Crippen LogP contribution in [0.1, 0.15) is 319 Å². The number of hydrogen-bond acceptors (Lipinski definition) is 15. The highest BCUT2D eigenvalue weighted by Gasteiger charge is 2.30. The molecule has 0 aliphatic heterocycles. The molecule has 0 fully saturated rings. The minimum absolute atomic E-state index is 0.102. The smallest absolute Gasteiger partial charge is 0.462 e. The lowest BCUT2D eigenvalue weighted by molar-refractivity contribution is -0.161. The zero-order chi connectivity index (χ0) is 63.2. The van der Waals surface area contributed by atoms with Gasteiger partial charge in [0.05, 0.1) is 26.4 Å². The van der Waals surface area contributed by atoms with Gasteiger partial charge in [-0.2, -0.15) is 0 Å². The van der Waals surface area contributed by atoms with Crippen LogP contribution in [0, 0.1) is 23.7 Å². The molecule has 0 radical (unpaired) electrons. The Labute approximate surface area is 517 Å². The number of aliphatic hydroxyl groups excluding tert-OH is 1. The van der Waals surface area contributed by atoms with Crippen LogP contribution in [-0.4, -0.2) is 96.7 Å². The average Bonchev–Trinajstić information content (AvgIpc) is 3.55. The van der Waals surface area contributed by atoms with Crippen molar-refractivity contribution in [2.75, 3.05) is 39.6 Å². The summed E-state index contributed by atoms with van der Waals surface area (Å²) in [5.74, 6) is 0.784. The Morgan fingerprint density at radius 1 is 0.329 bits per heavy atom. The molecule has 3 unspecified atom stereocenters. The van der Waals surface area contributed by atoms with Gasteiger partial charge in [-0.05, 0) is 49.4 Å². The van der Waals surface area contributed by atoms with Crippen molar-refractivity contribution >= 4 is 39.5 Å². The third-order valence-corrected chi connectivity index (χ3v) is 17.3. The van der Waals surface area contributed by atoms with E-state index in [4.69, 9.17) is 37.0 Å². The lowest BCUT2D eigenvalue weighted by Crippen LogP contribution is -2.30. The molecule has 85 heavy (non-hydrogen) atoms. The normalized spacial score (nSPS) is 14.7. The molecule has 3 N–H and O–H groups in total. The monoisotopic (exact) mass is 1250 g/mol. The molecule has 0 saturated heterocycles. The highest BCUT2D eigenvalue weighted by Crippen LogP contribution is 2.45. The summed E-state index contributed by atoms with van der Waals surface area (Å²) in [5, 5.41) is 10.5. The Hall–Kier alpha value is -1.94. The third-order valence-electron chi connectivity index (χ3n) is 15.4. The maximum Gasteiger partial charge on any atom is 0.472 e. The molecule has 19 heteroatoms. The predicted molar refractivity (Wildman–Crippen MR) is 340 cm³/mol. The van der Waals surface area contributed by atoms with Gasteiger partial charge in [-0.25, -0.2) is 9.13 Å². The van der Waals surface area contributed by atoms with Crippen LogP contribution in [0.25, 0.3) is 0 Å². The average molecular weight is 1260 g/mol. The maximum atomic E-state index is 13.0. The number of esters is 4. The van der Waals surface area contributed by atoms with Crippen LogP contribution < -0.4 is 0 Å². The number of aliphatic hydroxyl groups is 1. The molecular weight excluding hydrogens is 1130 g/mol. The molecule has 0 aliphatic rings. The first-order chi connectivity index (χ1) is 40.6. The molecule has 17 nitrogen and oxygen atoms in total. The number of hydrogen-bond donors (Lipinski definition) is 3. The van der Waals surface area contributed by atoms with Gasteiger partial charge < -0.3 is 33.8 Å². The van der Waals surface area contributed by atoms with E-state index in [0.29, 0.717) is 31.6 Å². The fourth-order valence-corrected chi connectivity index (χ4v) is 11.3. The number of rotatable bonds is 63. The van der Waals surface area contributed by atoms with Crippen molar-refractivity contribution in [3.8, 4) is 0 Å². The van der Waals surface area contributed by atoms with Gasteiger partial charge in [0.1, 0.15) is 19.3 Å². The first-order valence-corrected chi connectivity index (χ1v) is 37.2. The molecule has 0 amide bonds. The lowest BCUT2D eigenvalue weighted by atomic mass is 10.00. The zero-order valence-corrected chi connectivity index (χ0v) is 57.0. The van der Waals surface area contributed by atoms with Crippen molar-refractivity contribution in [2.24, 2.45) is 23.7 Å². The van der Waals surface area contributed by atoms with Crippen LogP contribution in [-0.2, 0) is 65.4 Å². The summed E-state index contributed by atoms with van der Waals surface area (Å²) in [5.41, 5.74) is 0.